The standard InChI is InChI=1S/C12H13N7S2/c1-2-7-5-8-9(20-7)14-11(13)15-10(8)21-12-16-17-18-19(12)6-3-4-6/h5-6H,2-4H2,1H3,(H2,13,14,15). The molecule has 0 spiro atoms. The minimum Gasteiger partial charge on any atom is -0.368 e. The van der Waals surface area contributed by atoms with E-state index >= 15 is 0 Å². The summed E-state index contributed by atoms with van der Waals surface area (Å²) in [5, 5.41) is 14.6. The molecular formula is C12H13N7S2. The maximum atomic E-state index is 5.83. The van der Waals surface area contributed by atoms with Crippen LogP contribution in [0.1, 0.15) is 30.7 Å². The van der Waals surface area contributed by atoms with Gasteiger partial charge >= 0.3 is 0 Å². The van der Waals surface area contributed by atoms with Crippen LogP contribution in [0.3, 0.4) is 0 Å². The number of hydrogen-bond acceptors (Lipinski definition) is 8. The first-order valence-corrected chi connectivity index (χ1v) is 8.39. The molecular weight excluding hydrogens is 306 g/mol. The lowest BCUT2D eigenvalue weighted by atomic mass is 10.3. The van der Waals surface area contributed by atoms with E-state index in [0.717, 1.165) is 39.7 Å². The van der Waals surface area contributed by atoms with Crippen LogP contribution in [0.4, 0.5) is 5.95 Å². The molecule has 4 rings (SSSR count). The number of aromatic nitrogens is 6. The average Bonchev–Trinajstić information content (AvgIpc) is 3.06. The van der Waals surface area contributed by atoms with Crippen molar-refractivity contribution in [2.24, 2.45) is 0 Å². The first kappa shape index (κ1) is 13.0. The third kappa shape index (κ3) is 2.36. The fraction of sp³-hybridized carbons (Fsp3) is 0.417. The molecule has 21 heavy (non-hydrogen) atoms. The Bertz CT molecular complexity index is 805. The molecule has 2 N–H and O–H groups in total. The molecule has 7 nitrogen and oxygen atoms in total. The normalized spacial score (nSPS) is 14.9. The van der Waals surface area contributed by atoms with Gasteiger partial charge in [0.2, 0.25) is 11.1 Å². The molecule has 108 valence electrons. The zero-order chi connectivity index (χ0) is 14.4. The summed E-state index contributed by atoms with van der Waals surface area (Å²) in [6, 6.07) is 2.57. The van der Waals surface area contributed by atoms with Crippen LogP contribution in [-0.4, -0.2) is 30.2 Å². The van der Waals surface area contributed by atoms with Gasteiger partial charge < -0.3 is 5.73 Å². The van der Waals surface area contributed by atoms with E-state index in [1.165, 1.54) is 16.6 Å². The van der Waals surface area contributed by atoms with Crippen LogP contribution in [0.15, 0.2) is 16.2 Å². The van der Waals surface area contributed by atoms with Gasteiger partial charge in [0.1, 0.15) is 9.86 Å². The fourth-order valence-corrected chi connectivity index (χ4v) is 4.07. The number of thiophene rings is 1. The number of anilines is 1. The van der Waals surface area contributed by atoms with E-state index in [-0.39, 0.29) is 0 Å². The summed E-state index contributed by atoms with van der Waals surface area (Å²) in [6.45, 7) is 2.13. The molecule has 0 bridgehead atoms. The topological polar surface area (TPSA) is 95.4 Å². The second-order valence-electron chi connectivity index (χ2n) is 4.91. The van der Waals surface area contributed by atoms with Crippen LogP contribution < -0.4 is 5.73 Å². The second kappa shape index (κ2) is 4.92. The molecule has 9 heteroatoms. The van der Waals surface area contributed by atoms with Gasteiger partial charge in [-0.3, -0.25) is 0 Å². The van der Waals surface area contributed by atoms with E-state index in [4.69, 9.17) is 5.73 Å². The van der Waals surface area contributed by atoms with Gasteiger partial charge in [-0.15, -0.1) is 16.4 Å². The highest BCUT2D eigenvalue weighted by molar-refractivity contribution is 7.99. The summed E-state index contributed by atoms with van der Waals surface area (Å²) in [5.74, 6) is 0.292. The molecule has 3 heterocycles. The second-order valence-corrected chi connectivity index (χ2v) is 6.98. The molecule has 0 aliphatic heterocycles. The maximum absolute atomic E-state index is 5.83. The van der Waals surface area contributed by atoms with Gasteiger partial charge in [-0.1, -0.05) is 6.92 Å². The van der Waals surface area contributed by atoms with Gasteiger partial charge in [0.05, 0.1) is 6.04 Å². The molecule has 3 aromatic heterocycles. The predicted octanol–water partition coefficient (Wildman–Crippen LogP) is 2.31. The van der Waals surface area contributed by atoms with Crippen molar-refractivity contribution in [3.63, 3.8) is 0 Å². The molecule has 0 atom stereocenters. The number of aryl methyl sites for hydroxylation is 1. The van der Waals surface area contributed by atoms with E-state index in [9.17, 15) is 0 Å². The van der Waals surface area contributed by atoms with Crippen molar-refractivity contribution in [3.05, 3.63) is 10.9 Å². The van der Waals surface area contributed by atoms with E-state index in [0.29, 0.717) is 12.0 Å². The first-order valence-electron chi connectivity index (χ1n) is 6.76. The van der Waals surface area contributed by atoms with Gasteiger partial charge in [0.15, 0.2) is 0 Å². The van der Waals surface area contributed by atoms with Crippen molar-refractivity contribution in [1.29, 1.82) is 0 Å². The molecule has 1 aliphatic rings. The largest absolute Gasteiger partial charge is 0.368 e. The van der Waals surface area contributed by atoms with Crippen LogP contribution >= 0.6 is 23.1 Å². The Morgan fingerprint density at radius 3 is 3.05 bits per heavy atom. The molecule has 0 saturated heterocycles. The Balaban J connectivity index is 1.78. The van der Waals surface area contributed by atoms with Crippen LogP contribution in [0.25, 0.3) is 10.2 Å². The Hall–Kier alpha value is -1.74. The number of fused-ring (bicyclic) bond motifs is 1. The highest BCUT2D eigenvalue weighted by Crippen LogP contribution is 2.39. The molecule has 1 fully saturated rings. The fourth-order valence-electron chi connectivity index (χ4n) is 2.10. The number of nitrogens with zero attached hydrogens (tertiary/aromatic N) is 6. The van der Waals surface area contributed by atoms with E-state index < -0.39 is 0 Å². The summed E-state index contributed by atoms with van der Waals surface area (Å²) < 4.78 is 1.88. The highest BCUT2D eigenvalue weighted by Gasteiger charge is 2.28. The Labute approximate surface area is 129 Å². The minimum atomic E-state index is 0.292. The molecule has 1 aliphatic carbocycles. The van der Waals surface area contributed by atoms with Crippen molar-refractivity contribution in [2.75, 3.05) is 5.73 Å². The zero-order valence-electron chi connectivity index (χ0n) is 11.4. The number of tetrazole rings is 1. The third-order valence-electron chi connectivity index (χ3n) is 3.32. The molecule has 0 amide bonds. The van der Waals surface area contributed by atoms with Gasteiger partial charge in [0.25, 0.3) is 0 Å². The molecule has 3 aromatic rings. The Kier molecular flexibility index (Phi) is 3.03. The molecule has 1 saturated carbocycles. The lowest BCUT2D eigenvalue weighted by molar-refractivity contribution is 0.565. The van der Waals surface area contributed by atoms with Crippen LogP contribution in [0.5, 0.6) is 0 Å². The van der Waals surface area contributed by atoms with E-state index in [1.807, 2.05) is 4.68 Å². The maximum Gasteiger partial charge on any atom is 0.222 e. The molecule has 0 unspecified atom stereocenters. The number of hydrogen-bond donors (Lipinski definition) is 1. The Morgan fingerprint density at radius 2 is 2.29 bits per heavy atom. The van der Waals surface area contributed by atoms with Crippen molar-refractivity contribution >= 4 is 39.3 Å². The van der Waals surface area contributed by atoms with E-state index in [2.05, 4.69) is 38.5 Å². The SMILES string of the molecule is CCc1cc2c(Sc3nnnn3C3CC3)nc(N)nc2s1. The Morgan fingerprint density at radius 1 is 1.43 bits per heavy atom. The van der Waals surface area contributed by atoms with Crippen molar-refractivity contribution in [3.8, 4) is 0 Å². The molecule has 0 radical (unpaired) electrons. The van der Waals surface area contributed by atoms with Gasteiger partial charge in [-0.2, -0.15) is 0 Å². The van der Waals surface area contributed by atoms with Crippen molar-refractivity contribution < 1.29 is 0 Å². The quantitative estimate of drug-likeness (QED) is 0.737. The predicted molar refractivity (Wildman–Crippen MR) is 81.4 cm³/mol. The monoisotopic (exact) mass is 319 g/mol. The number of nitrogens with two attached hydrogens (primary N) is 1. The van der Waals surface area contributed by atoms with Crippen molar-refractivity contribution in [1.82, 2.24) is 30.2 Å². The lowest BCUT2D eigenvalue weighted by Crippen LogP contribution is -2.00. The summed E-state index contributed by atoms with van der Waals surface area (Å²) in [6.07, 6.45) is 3.25. The first-order chi connectivity index (χ1) is 10.2. The number of nitrogen functional groups attached to an aromatic ring is 1. The van der Waals surface area contributed by atoms with Gasteiger partial charge in [0, 0.05) is 10.3 Å². The van der Waals surface area contributed by atoms with Gasteiger partial charge in [-0.05, 0) is 47.5 Å². The summed E-state index contributed by atoms with van der Waals surface area (Å²) in [7, 11) is 0. The third-order valence-corrected chi connectivity index (χ3v) is 5.45. The van der Waals surface area contributed by atoms with Crippen LogP contribution in [0.2, 0.25) is 0 Å². The summed E-state index contributed by atoms with van der Waals surface area (Å²) >= 11 is 3.12. The summed E-state index contributed by atoms with van der Waals surface area (Å²) in [4.78, 5) is 10.9. The molecule has 0 aromatic carbocycles. The van der Waals surface area contributed by atoms with E-state index in [1.54, 1.807) is 11.3 Å². The lowest BCUT2D eigenvalue weighted by Gasteiger charge is -2.03. The van der Waals surface area contributed by atoms with Crippen molar-refractivity contribution in [2.45, 2.75) is 42.4 Å². The highest BCUT2D eigenvalue weighted by atomic mass is 32.2. The van der Waals surface area contributed by atoms with Crippen LogP contribution in [0, 0.1) is 0 Å². The zero-order valence-corrected chi connectivity index (χ0v) is 13.0. The van der Waals surface area contributed by atoms with Gasteiger partial charge in [-0.25, -0.2) is 14.6 Å². The minimum absolute atomic E-state index is 0.292. The van der Waals surface area contributed by atoms with Crippen LogP contribution in [-0.2, 0) is 6.42 Å². The average molecular weight is 319 g/mol. The summed E-state index contributed by atoms with van der Waals surface area (Å²) in [5.41, 5.74) is 5.83. The number of rotatable bonds is 4. The smallest absolute Gasteiger partial charge is 0.222 e.